The van der Waals surface area contributed by atoms with Gasteiger partial charge in [-0.1, -0.05) is 11.6 Å². The molecular formula is C11H15ClN2O4. The zero-order valence-electron chi connectivity index (χ0n) is 10.6. The first-order chi connectivity index (χ1) is 8.17. The maximum Gasteiger partial charge on any atom is 0.306 e. The zero-order chi connectivity index (χ0) is 14.3. The molecular weight excluding hydrogens is 260 g/mol. The molecule has 7 heteroatoms. The Morgan fingerprint density at radius 1 is 1.50 bits per heavy atom. The Balaban J connectivity index is 0.000000360. The number of carbonyl (C=O) groups excluding carboxylic acids is 1. The van der Waals surface area contributed by atoms with Crippen molar-refractivity contribution in [3.05, 3.63) is 33.1 Å². The molecule has 100 valence electrons. The highest BCUT2D eigenvalue weighted by Gasteiger charge is 2.12. The van der Waals surface area contributed by atoms with Gasteiger partial charge in [-0.3, -0.25) is 14.9 Å². The molecule has 0 fully saturated rings. The normalized spacial score (nSPS) is 10.1. The molecule has 0 atom stereocenters. The molecule has 0 unspecified atom stereocenters. The van der Waals surface area contributed by atoms with Gasteiger partial charge in [0.2, 0.25) is 5.15 Å². The van der Waals surface area contributed by atoms with Crippen LogP contribution in [0, 0.1) is 17.0 Å². The number of aromatic nitrogens is 1. The van der Waals surface area contributed by atoms with Crippen molar-refractivity contribution in [1.29, 1.82) is 0 Å². The van der Waals surface area contributed by atoms with Gasteiger partial charge in [0.25, 0.3) is 6.47 Å². The molecule has 0 bridgehead atoms. The Kier molecular flexibility index (Phi) is 6.26. The lowest BCUT2D eigenvalue weighted by molar-refractivity contribution is -0.385. The third-order valence-corrected chi connectivity index (χ3v) is 1.85. The van der Waals surface area contributed by atoms with E-state index in [9.17, 15) is 14.9 Å². The number of rotatable bonds is 2. The molecule has 0 aliphatic carbocycles. The van der Waals surface area contributed by atoms with Crippen molar-refractivity contribution in [2.24, 2.45) is 0 Å². The summed E-state index contributed by atoms with van der Waals surface area (Å²) in [4.78, 5) is 22.9. The molecule has 0 saturated heterocycles. The molecule has 0 aliphatic heterocycles. The number of nitrogens with zero attached hydrogens (tertiary/aromatic N) is 2. The van der Waals surface area contributed by atoms with Crippen molar-refractivity contribution in [1.82, 2.24) is 4.98 Å². The van der Waals surface area contributed by atoms with Crippen molar-refractivity contribution in [2.45, 2.75) is 33.3 Å². The molecule has 0 N–H and O–H groups in total. The third-order valence-electron chi connectivity index (χ3n) is 1.56. The number of hydrogen-bond acceptors (Lipinski definition) is 5. The van der Waals surface area contributed by atoms with E-state index in [4.69, 9.17) is 11.6 Å². The number of aryl methyl sites for hydroxylation is 1. The quantitative estimate of drug-likeness (QED) is 0.358. The highest BCUT2D eigenvalue weighted by Crippen LogP contribution is 2.21. The van der Waals surface area contributed by atoms with Gasteiger partial charge in [0.1, 0.15) is 5.60 Å². The van der Waals surface area contributed by atoms with Crippen molar-refractivity contribution < 1.29 is 14.5 Å². The van der Waals surface area contributed by atoms with Crippen LogP contribution in [-0.4, -0.2) is 22.0 Å². The van der Waals surface area contributed by atoms with Crippen LogP contribution in [0.15, 0.2) is 12.3 Å². The summed E-state index contributed by atoms with van der Waals surface area (Å²) in [7, 11) is 0. The van der Waals surface area contributed by atoms with Crippen molar-refractivity contribution in [2.75, 3.05) is 0 Å². The van der Waals surface area contributed by atoms with E-state index in [1.54, 1.807) is 6.92 Å². The van der Waals surface area contributed by atoms with E-state index in [2.05, 4.69) is 9.72 Å². The number of hydrogen-bond donors (Lipinski definition) is 0. The SMILES string of the molecule is CC(C)(C)OC=O.Cc1cnc(Cl)c([N+](=O)[O-])c1. The summed E-state index contributed by atoms with van der Waals surface area (Å²) in [5, 5.41) is 10.2. The first kappa shape index (κ1) is 16.3. The second-order valence-corrected chi connectivity index (χ2v) is 4.76. The van der Waals surface area contributed by atoms with Crippen LogP contribution in [0.4, 0.5) is 5.69 Å². The van der Waals surface area contributed by atoms with Gasteiger partial charge in [-0.25, -0.2) is 4.98 Å². The number of ether oxygens (including phenoxy) is 1. The molecule has 18 heavy (non-hydrogen) atoms. The Labute approximate surface area is 110 Å². The molecule has 0 saturated carbocycles. The highest BCUT2D eigenvalue weighted by molar-refractivity contribution is 6.31. The van der Waals surface area contributed by atoms with Crippen LogP contribution in [0.25, 0.3) is 0 Å². The minimum Gasteiger partial charge on any atom is -0.462 e. The van der Waals surface area contributed by atoms with Gasteiger partial charge >= 0.3 is 5.69 Å². The average Bonchev–Trinajstić information content (AvgIpc) is 2.20. The Bertz CT molecular complexity index is 430. The monoisotopic (exact) mass is 274 g/mol. The second-order valence-electron chi connectivity index (χ2n) is 4.41. The summed E-state index contributed by atoms with van der Waals surface area (Å²) < 4.78 is 4.55. The van der Waals surface area contributed by atoms with Crippen LogP contribution in [0.2, 0.25) is 5.15 Å². The van der Waals surface area contributed by atoms with Crippen LogP contribution in [0.1, 0.15) is 26.3 Å². The lowest BCUT2D eigenvalue weighted by atomic mass is 10.2. The summed E-state index contributed by atoms with van der Waals surface area (Å²) in [6, 6.07) is 1.38. The van der Waals surface area contributed by atoms with Gasteiger partial charge in [0.15, 0.2) is 0 Å². The fourth-order valence-electron chi connectivity index (χ4n) is 0.809. The second kappa shape index (κ2) is 6.90. The van der Waals surface area contributed by atoms with E-state index < -0.39 is 4.92 Å². The third kappa shape index (κ3) is 6.80. The maximum atomic E-state index is 10.3. The standard InChI is InChI=1S/C6H5ClN2O2.C5H10O2/c1-4-2-5(9(10)11)6(7)8-3-4;1-5(2,3)7-4-6/h2-3H,1H3;4H,1-3H3. The highest BCUT2D eigenvalue weighted by atomic mass is 35.5. The summed E-state index contributed by atoms with van der Waals surface area (Å²) in [5.41, 5.74) is 0.259. The summed E-state index contributed by atoms with van der Waals surface area (Å²) in [6.45, 7) is 7.64. The lowest BCUT2D eigenvalue weighted by Crippen LogP contribution is -2.17. The molecule has 1 aromatic rings. The maximum absolute atomic E-state index is 10.3. The van der Waals surface area contributed by atoms with E-state index in [1.165, 1.54) is 12.3 Å². The molecule has 0 radical (unpaired) electrons. The first-order valence-corrected chi connectivity index (χ1v) is 5.43. The van der Waals surface area contributed by atoms with Crippen LogP contribution in [0.3, 0.4) is 0 Å². The van der Waals surface area contributed by atoms with Crippen molar-refractivity contribution in [3.63, 3.8) is 0 Å². The minimum absolute atomic E-state index is 0.0689. The van der Waals surface area contributed by atoms with Gasteiger partial charge in [-0.2, -0.15) is 0 Å². The molecule has 0 aromatic carbocycles. The predicted molar refractivity (Wildman–Crippen MR) is 67.5 cm³/mol. The van der Waals surface area contributed by atoms with Crippen LogP contribution in [0.5, 0.6) is 0 Å². The van der Waals surface area contributed by atoms with E-state index in [1.807, 2.05) is 20.8 Å². The smallest absolute Gasteiger partial charge is 0.306 e. The fraction of sp³-hybridized carbons (Fsp3) is 0.455. The first-order valence-electron chi connectivity index (χ1n) is 5.05. The number of nitro groups is 1. The van der Waals surface area contributed by atoms with Crippen LogP contribution in [-0.2, 0) is 9.53 Å². The van der Waals surface area contributed by atoms with Gasteiger partial charge in [-0.05, 0) is 33.3 Å². The number of pyridine rings is 1. The summed E-state index contributed by atoms with van der Waals surface area (Å²) >= 11 is 5.44. The molecule has 1 heterocycles. The molecule has 1 aromatic heterocycles. The Hall–Kier alpha value is -1.69. The summed E-state index contributed by atoms with van der Waals surface area (Å²) in [5.74, 6) is 0. The average molecular weight is 275 g/mol. The largest absolute Gasteiger partial charge is 0.462 e. The fourth-order valence-corrected chi connectivity index (χ4v) is 0.982. The van der Waals surface area contributed by atoms with Crippen LogP contribution < -0.4 is 0 Å². The molecule has 0 amide bonds. The van der Waals surface area contributed by atoms with Crippen molar-refractivity contribution in [3.8, 4) is 0 Å². The number of carbonyl (C=O) groups is 1. The zero-order valence-corrected chi connectivity index (χ0v) is 11.4. The van der Waals surface area contributed by atoms with E-state index in [0.717, 1.165) is 5.56 Å². The summed E-state index contributed by atoms with van der Waals surface area (Å²) in [6.07, 6.45) is 1.48. The topological polar surface area (TPSA) is 82.3 Å². The minimum atomic E-state index is -0.553. The van der Waals surface area contributed by atoms with E-state index >= 15 is 0 Å². The van der Waals surface area contributed by atoms with Gasteiger partial charge in [0.05, 0.1) is 4.92 Å². The number of halogens is 1. The molecule has 0 spiro atoms. The van der Waals surface area contributed by atoms with Crippen LogP contribution >= 0.6 is 11.6 Å². The lowest BCUT2D eigenvalue weighted by Gasteiger charge is -2.14. The van der Waals surface area contributed by atoms with E-state index in [0.29, 0.717) is 6.47 Å². The Morgan fingerprint density at radius 2 is 2.06 bits per heavy atom. The van der Waals surface area contributed by atoms with E-state index in [-0.39, 0.29) is 16.4 Å². The predicted octanol–water partition coefficient (Wildman–Crippen LogP) is 2.91. The van der Waals surface area contributed by atoms with Gasteiger partial charge < -0.3 is 4.74 Å². The molecule has 0 aliphatic rings. The van der Waals surface area contributed by atoms with Gasteiger partial charge in [-0.15, -0.1) is 0 Å². The molecule has 1 rings (SSSR count). The Morgan fingerprint density at radius 3 is 2.33 bits per heavy atom. The molecule has 6 nitrogen and oxygen atoms in total. The van der Waals surface area contributed by atoms with Crippen molar-refractivity contribution >= 4 is 23.8 Å². The van der Waals surface area contributed by atoms with Gasteiger partial charge in [0, 0.05) is 12.3 Å².